The van der Waals surface area contributed by atoms with E-state index in [1.165, 1.54) is 6.33 Å². The first-order valence-electron chi connectivity index (χ1n) is 3.75. The quantitative estimate of drug-likeness (QED) is 0.660. The summed E-state index contributed by atoms with van der Waals surface area (Å²) in [6.45, 7) is 4.09. The van der Waals surface area contributed by atoms with Crippen molar-refractivity contribution in [1.29, 1.82) is 0 Å². The summed E-state index contributed by atoms with van der Waals surface area (Å²) < 4.78 is 5.41. The molecule has 1 aromatic heterocycles. The van der Waals surface area contributed by atoms with E-state index < -0.39 is 0 Å². The van der Waals surface area contributed by atoms with Crippen molar-refractivity contribution in [2.45, 2.75) is 26.4 Å². The Balaban J connectivity index is 2.51. The molecule has 1 unspecified atom stereocenters. The van der Waals surface area contributed by atoms with Gasteiger partial charge in [-0.2, -0.15) is 0 Å². The lowest BCUT2D eigenvalue weighted by atomic mass is 10.3. The van der Waals surface area contributed by atoms with Crippen LogP contribution in [0, 0.1) is 0 Å². The Morgan fingerprint density at radius 3 is 3.00 bits per heavy atom. The average molecular weight is 152 g/mol. The van der Waals surface area contributed by atoms with Gasteiger partial charge in [0.05, 0.1) is 6.10 Å². The van der Waals surface area contributed by atoms with Gasteiger partial charge in [0.25, 0.3) is 0 Å². The predicted molar refractivity (Wildman–Crippen MR) is 42.4 cm³/mol. The number of ether oxygens (including phenoxy) is 1. The second-order valence-electron chi connectivity index (χ2n) is 2.38. The minimum absolute atomic E-state index is 0.227. The van der Waals surface area contributed by atoms with Crippen LogP contribution in [-0.2, 0) is 0 Å². The molecule has 1 aromatic rings. The van der Waals surface area contributed by atoms with Crippen LogP contribution in [0.1, 0.15) is 20.3 Å². The first-order valence-corrected chi connectivity index (χ1v) is 3.75. The summed E-state index contributed by atoms with van der Waals surface area (Å²) in [5, 5.41) is 0. The molecule has 0 saturated carbocycles. The molecule has 0 spiro atoms. The summed E-state index contributed by atoms with van der Waals surface area (Å²) in [6, 6.07) is 1.76. The molecule has 1 heterocycles. The lowest BCUT2D eigenvalue weighted by molar-refractivity contribution is 0.208. The summed E-state index contributed by atoms with van der Waals surface area (Å²) in [6.07, 6.45) is 4.37. The van der Waals surface area contributed by atoms with E-state index in [9.17, 15) is 0 Å². The molecular weight excluding hydrogens is 140 g/mol. The molecular formula is C8H12N2O. The van der Waals surface area contributed by atoms with Gasteiger partial charge in [-0.1, -0.05) is 6.92 Å². The molecule has 11 heavy (non-hydrogen) atoms. The van der Waals surface area contributed by atoms with Crippen LogP contribution in [0.3, 0.4) is 0 Å². The fourth-order valence-corrected chi connectivity index (χ4v) is 0.638. The normalized spacial score (nSPS) is 12.5. The van der Waals surface area contributed by atoms with E-state index in [-0.39, 0.29) is 6.10 Å². The van der Waals surface area contributed by atoms with Gasteiger partial charge in [0.2, 0.25) is 5.88 Å². The average Bonchev–Trinajstić information content (AvgIpc) is 2.06. The van der Waals surface area contributed by atoms with Gasteiger partial charge in [-0.05, 0) is 13.3 Å². The van der Waals surface area contributed by atoms with Gasteiger partial charge in [0.1, 0.15) is 6.33 Å². The second-order valence-corrected chi connectivity index (χ2v) is 2.38. The van der Waals surface area contributed by atoms with Crippen molar-refractivity contribution in [3.63, 3.8) is 0 Å². The molecule has 0 N–H and O–H groups in total. The Labute approximate surface area is 66.4 Å². The summed E-state index contributed by atoms with van der Waals surface area (Å²) in [7, 11) is 0. The van der Waals surface area contributed by atoms with Crippen LogP contribution in [0.5, 0.6) is 5.88 Å². The maximum Gasteiger partial charge on any atom is 0.216 e. The Kier molecular flexibility index (Phi) is 2.83. The zero-order chi connectivity index (χ0) is 8.10. The second kappa shape index (κ2) is 3.91. The smallest absolute Gasteiger partial charge is 0.216 e. The van der Waals surface area contributed by atoms with Crippen molar-refractivity contribution >= 4 is 0 Å². The van der Waals surface area contributed by atoms with Crippen LogP contribution in [0.25, 0.3) is 0 Å². The minimum atomic E-state index is 0.227. The van der Waals surface area contributed by atoms with E-state index in [1.54, 1.807) is 12.3 Å². The van der Waals surface area contributed by atoms with Gasteiger partial charge in [-0.25, -0.2) is 9.97 Å². The van der Waals surface area contributed by atoms with Gasteiger partial charge in [0, 0.05) is 12.3 Å². The monoisotopic (exact) mass is 152 g/mol. The van der Waals surface area contributed by atoms with E-state index in [0.29, 0.717) is 5.88 Å². The third kappa shape index (κ3) is 2.53. The third-order valence-electron chi connectivity index (χ3n) is 1.45. The molecule has 0 aliphatic carbocycles. The molecule has 3 nitrogen and oxygen atoms in total. The molecule has 0 aromatic carbocycles. The number of aromatic nitrogens is 2. The number of hydrogen-bond acceptors (Lipinski definition) is 3. The fourth-order valence-electron chi connectivity index (χ4n) is 0.638. The Bertz CT molecular complexity index is 201. The standard InChI is InChI=1S/C8H12N2O/c1-3-7(2)11-8-4-5-9-6-10-8/h4-7H,3H2,1-2H3. The largest absolute Gasteiger partial charge is 0.475 e. The lowest BCUT2D eigenvalue weighted by Gasteiger charge is -2.09. The van der Waals surface area contributed by atoms with Crippen molar-refractivity contribution in [2.75, 3.05) is 0 Å². The molecule has 0 radical (unpaired) electrons. The van der Waals surface area contributed by atoms with Crippen LogP contribution in [-0.4, -0.2) is 16.1 Å². The molecule has 0 bridgehead atoms. The number of rotatable bonds is 3. The van der Waals surface area contributed by atoms with Crippen molar-refractivity contribution < 1.29 is 4.74 Å². The Morgan fingerprint density at radius 2 is 2.45 bits per heavy atom. The highest BCUT2D eigenvalue weighted by Gasteiger charge is 1.99. The first-order chi connectivity index (χ1) is 5.33. The summed E-state index contributed by atoms with van der Waals surface area (Å²) in [5.74, 6) is 0.648. The van der Waals surface area contributed by atoms with E-state index in [4.69, 9.17) is 4.74 Å². The van der Waals surface area contributed by atoms with Gasteiger partial charge in [-0.3, -0.25) is 0 Å². The van der Waals surface area contributed by atoms with E-state index in [2.05, 4.69) is 16.9 Å². The van der Waals surface area contributed by atoms with Crippen molar-refractivity contribution in [3.05, 3.63) is 18.6 Å². The Hall–Kier alpha value is -1.12. The van der Waals surface area contributed by atoms with E-state index in [0.717, 1.165) is 6.42 Å². The molecule has 1 rings (SSSR count). The predicted octanol–water partition coefficient (Wildman–Crippen LogP) is 1.65. The minimum Gasteiger partial charge on any atom is -0.475 e. The molecule has 0 saturated heterocycles. The zero-order valence-electron chi connectivity index (χ0n) is 6.82. The molecule has 0 fully saturated rings. The van der Waals surface area contributed by atoms with Crippen molar-refractivity contribution in [3.8, 4) is 5.88 Å². The molecule has 0 aliphatic heterocycles. The van der Waals surface area contributed by atoms with Crippen LogP contribution in [0.4, 0.5) is 0 Å². The maximum absolute atomic E-state index is 5.41. The molecule has 3 heteroatoms. The van der Waals surface area contributed by atoms with Gasteiger partial charge in [-0.15, -0.1) is 0 Å². The number of nitrogens with zero attached hydrogens (tertiary/aromatic N) is 2. The lowest BCUT2D eigenvalue weighted by Crippen LogP contribution is -2.10. The SMILES string of the molecule is CCC(C)Oc1ccncn1. The van der Waals surface area contributed by atoms with Crippen molar-refractivity contribution in [2.24, 2.45) is 0 Å². The summed E-state index contributed by atoms with van der Waals surface area (Å²) in [4.78, 5) is 7.72. The van der Waals surface area contributed by atoms with E-state index in [1.807, 2.05) is 6.92 Å². The van der Waals surface area contributed by atoms with Crippen molar-refractivity contribution in [1.82, 2.24) is 9.97 Å². The highest BCUT2D eigenvalue weighted by Crippen LogP contribution is 2.06. The van der Waals surface area contributed by atoms with Gasteiger partial charge >= 0.3 is 0 Å². The van der Waals surface area contributed by atoms with Gasteiger partial charge in [0.15, 0.2) is 0 Å². The maximum atomic E-state index is 5.41. The molecule has 60 valence electrons. The van der Waals surface area contributed by atoms with Gasteiger partial charge < -0.3 is 4.74 Å². The van der Waals surface area contributed by atoms with Crippen LogP contribution in [0.2, 0.25) is 0 Å². The Morgan fingerprint density at radius 1 is 1.64 bits per heavy atom. The fraction of sp³-hybridized carbons (Fsp3) is 0.500. The van der Waals surface area contributed by atoms with E-state index >= 15 is 0 Å². The molecule has 0 aliphatic rings. The first kappa shape index (κ1) is 7.98. The topological polar surface area (TPSA) is 35.0 Å². The highest BCUT2D eigenvalue weighted by molar-refractivity contribution is 5.04. The third-order valence-corrected chi connectivity index (χ3v) is 1.45. The highest BCUT2D eigenvalue weighted by atomic mass is 16.5. The van der Waals surface area contributed by atoms with Crippen LogP contribution < -0.4 is 4.74 Å². The van der Waals surface area contributed by atoms with Crippen LogP contribution >= 0.6 is 0 Å². The molecule has 0 amide bonds. The van der Waals surface area contributed by atoms with Crippen LogP contribution in [0.15, 0.2) is 18.6 Å². The summed E-state index contributed by atoms with van der Waals surface area (Å²) >= 11 is 0. The molecule has 1 atom stereocenters. The summed E-state index contributed by atoms with van der Waals surface area (Å²) in [5.41, 5.74) is 0. The zero-order valence-corrected chi connectivity index (χ0v) is 6.82. The number of hydrogen-bond donors (Lipinski definition) is 0.